The third kappa shape index (κ3) is 7.60. The van der Waals surface area contributed by atoms with E-state index >= 15 is 0 Å². The number of carboxylic acids is 1. The number of aliphatic carboxylic acids is 1. The maximum atomic E-state index is 12.6. The SMILES string of the molecule is NCCCC(N)CC(=O)N[C@@H]1[C@@H](O)[C@H](OC(N)=O)[C@@H](CO)O[C@H]1NC1=N[C@H](C(=O)O)C(C(O)CN)N1. The van der Waals surface area contributed by atoms with Gasteiger partial charge in [-0.25, -0.2) is 14.6 Å². The largest absolute Gasteiger partial charge is 0.480 e. The van der Waals surface area contributed by atoms with Gasteiger partial charge in [0.2, 0.25) is 5.91 Å². The minimum Gasteiger partial charge on any atom is -0.480 e. The molecule has 0 aromatic rings. The van der Waals surface area contributed by atoms with Crippen LogP contribution in [0.2, 0.25) is 0 Å². The van der Waals surface area contributed by atoms with Crippen molar-refractivity contribution in [3.8, 4) is 0 Å². The molecular formula is C19H36N8O9. The number of nitrogens with one attached hydrogen (secondary N) is 3. The number of carboxylic acid groups (broad SMARTS) is 1. The molecule has 1 saturated heterocycles. The third-order valence-corrected chi connectivity index (χ3v) is 5.80. The normalized spacial score (nSPS) is 31.5. The molecule has 2 rings (SSSR count). The monoisotopic (exact) mass is 520 g/mol. The van der Waals surface area contributed by atoms with Crippen LogP contribution in [-0.4, -0.2) is 119 Å². The van der Waals surface area contributed by atoms with E-state index < -0.39 is 79.4 Å². The number of aliphatic hydroxyl groups excluding tert-OH is 3. The van der Waals surface area contributed by atoms with Crippen molar-refractivity contribution in [1.82, 2.24) is 16.0 Å². The average Bonchev–Trinajstić information content (AvgIpc) is 3.25. The smallest absolute Gasteiger partial charge is 0.404 e. The van der Waals surface area contributed by atoms with Gasteiger partial charge in [-0.15, -0.1) is 0 Å². The van der Waals surface area contributed by atoms with Gasteiger partial charge in [-0.1, -0.05) is 0 Å². The third-order valence-electron chi connectivity index (χ3n) is 5.80. The van der Waals surface area contributed by atoms with Crippen molar-refractivity contribution in [1.29, 1.82) is 0 Å². The van der Waals surface area contributed by atoms with Gasteiger partial charge in [-0.3, -0.25) is 4.79 Å². The maximum absolute atomic E-state index is 12.6. The Balaban J connectivity index is 2.25. The molecule has 0 saturated carbocycles. The number of ether oxygens (including phenoxy) is 2. The van der Waals surface area contributed by atoms with Crippen LogP contribution in [0.25, 0.3) is 0 Å². The first-order chi connectivity index (χ1) is 17.0. The Kier molecular flexibility index (Phi) is 11.0. The molecule has 2 aliphatic rings. The van der Waals surface area contributed by atoms with Crippen LogP contribution in [-0.2, 0) is 19.1 Å². The number of amides is 2. The Bertz CT molecular complexity index is 803. The number of aliphatic hydroxyl groups is 3. The molecule has 0 aromatic carbocycles. The lowest BCUT2D eigenvalue weighted by molar-refractivity contribution is -0.198. The fraction of sp³-hybridized carbons (Fsp3) is 0.789. The number of nitrogens with two attached hydrogens (primary N) is 4. The minimum atomic E-state index is -1.62. The molecule has 0 aromatic heterocycles. The van der Waals surface area contributed by atoms with Crippen LogP contribution < -0.4 is 38.9 Å². The maximum Gasteiger partial charge on any atom is 0.404 e. The Hall–Kier alpha value is -2.80. The highest BCUT2D eigenvalue weighted by Crippen LogP contribution is 2.23. The fourth-order valence-electron chi connectivity index (χ4n) is 4.00. The summed E-state index contributed by atoms with van der Waals surface area (Å²) in [5, 5.41) is 48.1. The van der Waals surface area contributed by atoms with Crippen molar-refractivity contribution in [2.75, 3.05) is 19.7 Å². The average molecular weight is 521 g/mol. The number of nitrogens with zero attached hydrogens (tertiary/aromatic N) is 1. The summed E-state index contributed by atoms with van der Waals surface area (Å²) >= 11 is 0. The molecule has 36 heavy (non-hydrogen) atoms. The lowest BCUT2D eigenvalue weighted by Crippen LogP contribution is -2.69. The highest BCUT2D eigenvalue weighted by Gasteiger charge is 2.49. The summed E-state index contributed by atoms with van der Waals surface area (Å²) in [6, 6.07) is -4.28. The topological polar surface area (TPSA) is 303 Å². The first-order valence-corrected chi connectivity index (χ1v) is 11.4. The summed E-state index contributed by atoms with van der Waals surface area (Å²) in [7, 11) is 0. The molecule has 0 radical (unpaired) electrons. The molecule has 9 atom stereocenters. The molecule has 3 unspecified atom stereocenters. The van der Waals surface area contributed by atoms with E-state index in [0.717, 1.165) is 0 Å². The Morgan fingerprint density at radius 1 is 1.28 bits per heavy atom. The molecule has 15 N–H and O–H groups in total. The fourth-order valence-corrected chi connectivity index (χ4v) is 4.00. The van der Waals surface area contributed by atoms with Gasteiger partial charge in [0, 0.05) is 19.0 Å². The standard InChI is InChI=1S/C19H36N8O9/c20-3-1-2-7(22)4-10(30)24-13-14(31)15(36-18(23)34)9(6-28)35-16(13)27-19-25-11(8(29)5-21)12(26-19)17(32)33/h7-9,11-16,28-29,31H,1-6,20-22H2,(H2,23,34)(H,24,30)(H,32,33)(H2,25,26,27)/t7?,8?,9-,11?,12+,13-,14-,15-,16-/m1/s1. The molecule has 2 amide bonds. The van der Waals surface area contributed by atoms with Crippen molar-refractivity contribution in [3.63, 3.8) is 0 Å². The van der Waals surface area contributed by atoms with E-state index in [1.165, 1.54) is 0 Å². The summed E-state index contributed by atoms with van der Waals surface area (Å²) < 4.78 is 10.6. The zero-order chi connectivity index (χ0) is 27.0. The lowest BCUT2D eigenvalue weighted by atomic mass is 9.95. The zero-order valence-corrected chi connectivity index (χ0v) is 19.5. The molecule has 0 bridgehead atoms. The summed E-state index contributed by atoms with van der Waals surface area (Å²) in [5.41, 5.74) is 21.9. The van der Waals surface area contributed by atoms with Crippen LogP contribution in [0.5, 0.6) is 0 Å². The molecule has 2 heterocycles. The van der Waals surface area contributed by atoms with Crippen molar-refractivity contribution in [2.45, 2.75) is 74.1 Å². The Morgan fingerprint density at radius 2 is 1.97 bits per heavy atom. The van der Waals surface area contributed by atoms with Gasteiger partial charge in [0.1, 0.15) is 18.2 Å². The molecule has 206 valence electrons. The van der Waals surface area contributed by atoms with Gasteiger partial charge in [-0.05, 0) is 19.4 Å². The van der Waals surface area contributed by atoms with E-state index in [9.17, 15) is 34.8 Å². The van der Waals surface area contributed by atoms with Gasteiger partial charge >= 0.3 is 12.1 Å². The first kappa shape index (κ1) is 29.4. The van der Waals surface area contributed by atoms with E-state index in [1.807, 2.05) is 0 Å². The lowest BCUT2D eigenvalue weighted by Gasteiger charge is -2.44. The molecule has 0 spiro atoms. The quantitative estimate of drug-likeness (QED) is 0.114. The van der Waals surface area contributed by atoms with Crippen LogP contribution in [0.1, 0.15) is 19.3 Å². The van der Waals surface area contributed by atoms with E-state index in [2.05, 4.69) is 20.9 Å². The van der Waals surface area contributed by atoms with Gasteiger partial charge < -0.3 is 68.8 Å². The summed E-state index contributed by atoms with van der Waals surface area (Å²) in [6.07, 6.45) is -7.17. The van der Waals surface area contributed by atoms with Crippen molar-refractivity contribution in [3.05, 3.63) is 0 Å². The second-order valence-corrected chi connectivity index (χ2v) is 8.54. The van der Waals surface area contributed by atoms with Gasteiger partial charge in [-0.2, -0.15) is 0 Å². The number of hydrogen-bond donors (Lipinski definition) is 11. The number of hydrogen-bond acceptors (Lipinski definition) is 14. The molecule has 17 nitrogen and oxygen atoms in total. The van der Waals surface area contributed by atoms with E-state index in [0.29, 0.717) is 19.4 Å². The number of guanidine groups is 1. The van der Waals surface area contributed by atoms with Crippen LogP contribution in [0.15, 0.2) is 4.99 Å². The summed E-state index contributed by atoms with van der Waals surface area (Å²) in [6.45, 7) is -0.549. The molecule has 2 aliphatic heterocycles. The Labute approximate surface area is 206 Å². The predicted molar refractivity (Wildman–Crippen MR) is 123 cm³/mol. The van der Waals surface area contributed by atoms with Crippen LogP contribution in [0, 0.1) is 0 Å². The van der Waals surface area contributed by atoms with Gasteiger partial charge in [0.15, 0.2) is 24.3 Å². The van der Waals surface area contributed by atoms with Gasteiger partial charge in [0.25, 0.3) is 0 Å². The Morgan fingerprint density at radius 3 is 2.53 bits per heavy atom. The van der Waals surface area contributed by atoms with Crippen molar-refractivity contribution in [2.24, 2.45) is 27.9 Å². The highest BCUT2D eigenvalue weighted by molar-refractivity contribution is 5.89. The van der Waals surface area contributed by atoms with E-state index in [4.69, 9.17) is 32.4 Å². The summed E-state index contributed by atoms with van der Waals surface area (Å²) in [4.78, 5) is 39.5. The number of aliphatic imine (C=N–C) groups is 1. The minimum absolute atomic E-state index is 0.119. The van der Waals surface area contributed by atoms with Crippen LogP contribution in [0.4, 0.5) is 4.79 Å². The summed E-state index contributed by atoms with van der Waals surface area (Å²) in [5.74, 6) is -2.04. The zero-order valence-electron chi connectivity index (χ0n) is 19.5. The van der Waals surface area contributed by atoms with Gasteiger partial charge in [0.05, 0.1) is 18.8 Å². The van der Waals surface area contributed by atoms with E-state index in [1.54, 1.807) is 0 Å². The second-order valence-electron chi connectivity index (χ2n) is 8.54. The highest BCUT2D eigenvalue weighted by atomic mass is 16.6. The number of carbonyl (C=O) groups is 3. The van der Waals surface area contributed by atoms with Crippen molar-refractivity contribution < 1.29 is 44.3 Å². The molecule has 1 fully saturated rings. The molecule has 0 aliphatic carbocycles. The van der Waals surface area contributed by atoms with Crippen LogP contribution >= 0.6 is 0 Å². The second kappa shape index (κ2) is 13.5. The molecular weight excluding hydrogens is 484 g/mol. The van der Waals surface area contributed by atoms with E-state index in [-0.39, 0.29) is 18.9 Å². The van der Waals surface area contributed by atoms with Crippen molar-refractivity contribution >= 4 is 23.9 Å². The number of carbonyl (C=O) groups excluding carboxylic acids is 2. The first-order valence-electron chi connectivity index (χ1n) is 11.4. The number of primary amides is 1. The molecule has 17 heteroatoms. The number of rotatable bonds is 12. The van der Waals surface area contributed by atoms with Crippen LogP contribution in [0.3, 0.4) is 0 Å². The predicted octanol–water partition coefficient (Wildman–Crippen LogP) is -5.84.